The lowest BCUT2D eigenvalue weighted by molar-refractivity contribution is -0.145. The third kappa shape index (κ3) is 2.88. The minimum atomic E-state index is -0.297. The van der Waals surface area contributed by atoms with Gasteiger partial charge in [0.25, 0.3) is 0 Å². The second-order valence-electron chi connectivity index (χ2n) is 5.60. The number of esters is 1. The van der Waals surface area contributed by atoms with Crippen molar-refractivity contribution in [2.75, 3.05) is 6.61 Å². The van der Waals surface area contributed by atoms with Gasteiger partial charge in [0.1, 0.15) is 5.82 Å². The molecule has 0 heterocycles. The molecule has 4 heteroatoms. The van der Waals surface area contributed by atoms with Gasteiger partial charge in [-0.1, -0.05) is 43.7 Å². The predicted molar refractivity (Wildman–Crippen MR) is 77.6 cm³/mol. The van der Waals surface area contributed by atoms with Crippen LogP contribution in [0.5, 0.6) is 0 Å². The number of halogens is 2. The second kappa shape index (κ2) is 5.57. The lowest BCUT2D eigenvalue weighted by atomic mass is 10.1. The maximum atomic E-state index is 12.9. The Bertz CT molecular complexity index is 534. The Hall–Kier alpha value is -1.35. The van der Waals surface area contributed by atoms with Crippen molar-refractivity contribution in [2.24, 2.45) is 17.3 Å². The zero-order valence-corrected chi connectivity index (χ0v) is 12.6. The molecule has 0 aromatic heterocycles. The van der Waals surface area contributed by atoms with E-state index in [0.717, 1.165) is 5.56 Å². The molecule has 108 valence electrons. The van der Waals surface area contributed by atoms with E-state index in [0.29, 0.717) is 11.6 Å². The highest BCUT2D eigenvalue weighted by Crippen LogP contribution is 2.60. The maximum absolute atomic E-state index is 12.9. The molecule has 0 spiro atoms. The van der Waals surface area contributed by atoms with E-state index in [-0.39, 0.29) is 29.0 Å². The molecular formula is C16H18ClFO2. The molecule has 1 aromatic rings. The normalized spacial score (nSPS) is 24.4. The molecule has 0 radical (unpaired) electrons. The highest BCUT2D eigenvalue weighted by molar-refractivity contribution is 6.48. The van der Waals surface area contributed by atoms with E-state index in [1.54, 1.807) is 19.1 Å². The number of ether oxygens (including phenoxy) is 1. The van der Waals surface area contributed by atoms with Crippen molar-refractivity contribution in [3.05, 3.63) is 41.7 Å². The number of hydrogen-bond donors (Lipinski definition) is 0. The summed E-state index contributed by atoms with van der Waals surface area (Å²) in [6.45, 7) is 6.21. The molecule has 0 N–H and O–H groups in total. The number of carbonyl (C=O) groups is 1. The van der Waals surface area contributed by atoms with E-state index in [9.17, 15) is 9.18 Å². The minimum Gasteiger partial charge on any atom is -0.466 e. The fourth-order valence-electron chi connectivity index (χ4n) is 2.53. The van der Waals surface area contributed by atoms with Gasteiger partial charge in [-0.25, -0.2) is 4.39 Å². The third-order valence-corrected chi connectivity index (χ3v) is 4.24. The highest BCUT2D eigenvalue weighted by Gasteiger charge is 2.61. The first kappa shape index (κ1) is 15.0. The highest BCUT2D eigenvalue weighted by atomic mass is 35.5. The second-order valence-corrected chi connectivity index (χ2v) is 6.01. The minimum absolute atomic E-state index is 0.0547. The van der Waals surface area contributed by atoms with Crippen molar-refractivity contribution >= 4 is 22.6 Å². The smallest absolute Gasteiger partial charge is 0.310 e. The molecule has 2 atom stereocenters. The van der Waals surface area contributed by atoms with Gasteiger partial charge in [-0.05, 0) is 36.0 Å². The van der Waals surface area contributed by atoms with Gasteiger partial charge < -0.3 is 4.74 Å². The Balaban J connectivity index is 2.14. The number of rotatable bonds is 4. The zero-order valence-electron chi connectivity index (χ0n) is 11.8. The molecule has 1 fully saturated rings. The largest absolute Gasteiger partial charge is 0.466 e. The number of hydrogen-bond acceptors (Lipinski definition) is 2. The molecule has 1 aliphatic carbocycles. The van der Waals surface area contributed by atoms with Gasteiger partial charge in [0.05, 0.1) is 12.5 Å². The van der Waals surface area contributed by atoms with Crippen LogP contribution in [0.1, 0.15) is 26.3 Å². The topological polar surface area (TPSA) is 26.3 Å². The van der Waals surface area contributed by atoms with Crippen LogP contribution in [-0.2, 0) is 9.53 Å². The molecule has 0 amide bonds. The van der Waals surface area contributed by atoms with Crippen molar-refractivity contribution in [1.29, 1.82) is 0 Å². The molecule has 1 aromatic carbocycles. The average molecular weight is 297 g/mol. The summed E-state index contributed by atoms with van der Waals surface area (Å²) < 4.78 is 18.0. The summed E-state index contributed by atoms with van der Waals surface area (Å²) in [5.74, 6) is -0.576. The summed E-state index contributed by atoms with van der Waals surface area (Å²) >= 11 is 6.25. The molecule has 0 aliphatic heterocycles. The maximum Gasteiger partial charge on any atom is 0.310 e. The first-order valence-corrected chi connectivity index (χ1v) is 7.05. The number of carbonyl (C=O) groups excluding carboxylic acids is 1. The first-order chi connectivity index (χ1) is 9.37. The van der Waals surface area contributed by atoms with Crippen molar-refractivity contribution < 1.29 is 13.9 Å². The lowest BCUT2D eigenvalue weighted by Gasteiger charge is -2.01. The molecule has 0 saturated heterocycles. The van der Waals surface area contributed by atoms with Gasteiger partial charge in [0.15, 0.2) is 0 Å². The summed E-state index contributed by atoms with van der Waals surface area (Å²) in [7, 11) is 0. The van der Waals surface area contributed by atoms with E-state index in [4.69, 9.17) is 16.3 Å². The molecule has 1 aliphatic rings. The van der Waals surface area contributed by atoms with Gasteiger partial charge in [0.2, 0.25) is 0 Å². The molecule has 20 heavy (non-hydrogen) atoms. The average Bonchev–Trinajstić information content (AvgIpc) is 2.92. The van der Waals surface area contributed by atoms with Crippen LogP contribution in [0.2, 0.25) is 0 Å². The van der Waals surface area contributed by atoms with Crippen molar-refractivity contribution in [2.45, 2.75) is 20.8 Å². The quantitative estimate of drug-likeness (QED) is 0.777. The van der Waals surface area contributed by atoms with Crippen molar-refractivity contribution in [1.82, 2.24) is 0 Å². The van der Waals surface area contributed by atoms with E-state index in [2.05, 4.69) is 0 Å². The van der Waals surface area contributed by atoms with Crippen LogP contribution < -0.4 is 0 Å². The monoisotopic (exact) mass is 296 g/mol. The summed E-state index contributed by atoms with van der Waals surface area (Å²) in [6.07, 6.45) is 1.87. The molecular weight excluding hydrogens is 279 g/mol. The van der Waals surface area contributed by atoms with Crippen LogP contribution >= 0.6 is 11.6 Å². The summed E-state index contributed by atoms with van der Waals surface area (Å²) in [5, 5.41) is 0.537. The predicted octanol–water partition coefficient (Wildman–Crippen LogP) is 4.24. The fraction of sp³-hybridized carbons (Fsp3) is 0.438. The standard InChI is InChI=1S/C16H18ClFO2/c1-4-20-15(19)14-12(16(14,2)3)9-13(17)10-5-7-11(18)8-6-10/h5-9,12,14H,4H2,1-3H3/b13-9-/t12-,14-/m1/s1. The van der Waals surface area contributed by atoms with E-state index in [1.807, 2.05) is 19.9 Å². The Morgan fingerprint density at radius 3 is 2.55 bits per heavy atom. The van der Waals surface area contributed by atoms with Crippen molar-refractivity contribution in [3.8, 4) is 0 Å². The van der Waals surface area contributed by atoms with Crippen LogP contribution in [0, 0.1) is 23.1 Å². The lowest BCUT2D eigenvalue weighted by Crippen LogP contribution is -2.10. The Kier molecular flexibility index (Phi) is 4.19. The van der Waals surface area contributed by atoms with Gasteiger partial charge in [-0.2, -0.15) is 0 Å². The van der Waals surface area contributed by atoms with Crippen LogP contribution in [0.3, 0.4) is 0 Å². The van der Waals surface area contributed by atoms with E-state index < -0.39 is 0 Å². The Morgan fingerprint density at radius 2 is 2.00 bits per heavy atom. The SMILES string of the molecule is CCOC(=O)[C@H]1[C@@H](/C=C(\Cl)c2ccc(F)cc2)C1(C)C. The molecule has 0 bridgehead atoms. The number of benzene rings is 1. The van der Waals surface area contributed by atoms with E-state index in [1.165, 1.54) is 12.1 Å². The van der Waals surface area contributed by atoms with Gasteiger partial charge >= 0.3 is 5.97 Å². The van der Waals surface area contributed by atoms with Crippen molar-refractivity contribution in [3.63, 3.8) is 0 Å². The molecule has 2 rings (SSSR count). The number of allylic oxidation sites excluding steroid dienone is 1. The van der Waals surface area contributed by atoms with E-state index >= 15 is 0 Å². The summed E-state index contributed by atoms with van der Waals surface area (Å²) in [5.41, 5.74) is 0.602. The summed E-state index contributed by atoms with van der Waals surface area (Å²) in [6, 6.07) is 5.99. The molecule has 1 saturated carbocycles. The van der Waals surface area contributed by atoms with Crippen LogP contribution in [-0.4, -0.2) is 12.6 Å². The van der Waals surface area contributed by atoms with Gasteiger partial charge in [-0.3, -0.25) is 4.79 Å². The summed E-state index contributed by atoms with van der Waals surface area (Å²) in [4.78, 5) is 11.8. The van der Waals surface area contributed by atoms with Gasteiger partial charge in [-0.15, -0.1) is 0 Å². The third-order valence-electron chi connectivity index (χ3n) is 3.90. The van der Waals surface area contributed by atoms with Gasteiger partial charge in [0, 0.05) is 5.03 Å². The molecule has 0 unspecified atom stereocenters. The zero-order chi connectivity index (χ0) is 14.9. The fourth-order valence-corrected chi connectivity index (χ4v) is 2.80. The Labute approximate surface area is 123 Å². The van der Waals surface area contributed by atoms with Crippen LogP contribution in [0.4, 0.5) is 4.39 Å². The first-order valence-electron chi connectivity index (χ1n) is 6.67. The van der Waals surface area contributed by atoms with Crippen LogP contribution in [0.25, 0.3) is 5.03 Å². The van der Waals surface area contributed by atoms with Crippen LogP contribution in [0.15, 0.2) is 30.3 Å². The Morgan fingerprint density at radius 1 is 1.40 bits per heavy atom. The molecule has 2 nitrogen and oxygen atoms in total.